The Balaban J connectivity index is 1.95. The first-order valence-corrected chi connectivity index (χ1v) is 7.94. The van der Waals surface area contributed by atoms with Crippen LogP contribution in [0, 0.1) is 0 Å². The second kappa shape index (κ2) is 6.32. The van der Waals surface area contributed by atoms with E-state index in [0.29, 0.717) is 0 Å². The van der Waals surface area contributed by atoms with Crippen molar-refractivity contribution >= 4 is 32.9 Å². The lowest BCUT2D eigenvalue weighted by Crippen LogP contribution is -1.92. The van der Waals surface area contributed by atoms with Crippen LogP contribution in [0.1, 0.15) is 24.1 Å². The van der Waals surface area contributed by atoms with Crippen molar-refractivity contribution in [2.24, 2.45) is 4.99 Å². The number of hydrogen-bond acceptors (Lipinski definition) is 2. The number of nitrogens with zero attached hydrogens (tertiary/aromatic N) is 1. The molecule has 1 N–H and O–H groups in total. The van der Waals surface area contributed by atoms with Gasteiger partial charge in [-0.2, -0.15) is 0 Å². The van der Waals surface area contributed by atoms with Crippen molar-refractivity contribution in [2.75, 3.05) is 0 Å². The second-order valence-corrected chi connectivity index (χ2v) is 6.14. The number of aromatic hydroxyl groups is 1. The highest BCUT2D eigenvalue weighted by Gasteiger charge is 2.06. The fourth-order valence-corrected chi connectivity index (χ4v) is 2.70. The van der Waals surface area contributed by atoms with Gasteiger partial charge < -0.3 is 5.11 Å². The number of halogens is 1. The third kappa shape index (κ3) is 3.04. The average molecular weight is 354 g/mol. The molecule has 22 heavy (non-hydrogen) atoms. The summed E-state index contributed by atoms with van der Waals surface area (Å²) in [6.07, 6.45) is 1.77. The van der Waals surface area contributed by atoms with E-state index in [1.54, 1.807) is 12.3 Å². The average Bonchev–Trinajstić information content (AvgIpc) is 2.54. The monoisotopic (exact) mass is 353 g/mol. The van der Waals surface area contributed by atoms with Crippen molar-refractivity contribution in [3.63, 3.8) is 0 Å². The number of benzene rings is 3. The quantitative estimate of drug-likeness (QED) is 0.620. The molecule has 1 atom stereocenters. The topological polar surface area (TPSA) is 32.6 Å². The maximum Gasteiger partial charge on any atom is 0.124 e. The largest absolute Gasteiger partial charge is 0.507 e. The van der Waals surface area contributed by atoms with E-state index in [1.807, 2.05) is 49.4 Å². The summed E-state index contributed by atoms with van der Waals surface area (Å²) < 4.78 is 1.05. The van der Waals surface area contributed by atoms with Gasteiger partial charge in [-0.05, 0) is 41.5 Å². The van der Waals surface area contributed by atoms with E-state index in [1.165, 1.54) is 0 Å². The van der Waals surface area contributed by atoms with Crippen LogP contribution in [-0.4, -0.2) is 11.3 Å². The van der Waals surface area contributed by atoms with Crippen LogP contribution < -0.4 is 0 Å². The molecular weight excluding hydrogens is 338 g/mol. The normalized spacial score (nSPS) is 12.8. The summed E-state index contributed by atoms with van der Waals surface area (Å²) in [5.74, 6) is 0.255. The molecule has 0 aliphatic carbocycles. The number of rotatable bonds is 3. The number of hydrogen-bond donors (Lipinski definition) is 1. The Bertz CT molecular complexity index is 824. The van der Waals surface area contributed by atoms with Crippen molar-refractivity contribution in [3.8, 4) is 5.75 Å². The van der Waals surface area contributed by atoms with E-state index in [4.69, 9.17) is 0 Å². The van der Waals surface area contributed by atoms with Crippen molar-refractivity contribution in [1.82, 2.24) is 0 Å². The van der Waals surface area contributed by atoms with Crippen molar-refractivity contribution in [3.05, 3.63) is 76.3 Å². The number of phenolic OH excluding ortho intramolecular Hbond substituents is 1. The predicted octanol–water partition coefficient (Wildman–Crippen LogP) is 5.49. The predicted molar refractivity (Wildman–Crippen MR) is 95.8 cm³/mol. The van der Waals surface area contributed by atoms with Crippen LogP contribution in [0.5, 0.6) is 5.75 Å². The molecule has 0 amide bonds. The smallest absolute Gasteiger partial charge is 0.124 e. The summed E-state index contributed by atoms with van der Waals surface area (Å²) in [7, 11) is 0. The molecule has 0 aromatic heterocycles. The van der Waals surface area contributed by atoms with Gasteiger partial charge in [0, 0.05) is 16.3 Å². The van der Waals surface area contributed by atoms with Crippen LogP contribution in [0.15, 0.2) is 70.1 Å². The lowest BCUT2D eigenvalue weighted by molar-refractivity contribution is 0.475. The zero-order chi connectivity index (χ0) is 15.5. The van der Waals surface area contributed by atoms with E-state index in [-0.39, 0.29) is 11.8 Å². The minimum absolute atomic E-state index is 0.0338. The van der Waals surface area contributed by atoms with E-state index < -0.39 is 0 Å². The molecule has 0 radical (unpaired) electrons. The van der Waals surface area contributed by atoms with Crippen LogP contribution in [0.25, 0.3) is 10.8 Å². The van der Waals surface area contributed by atoms with Gasteiger partial charge >= 0.3 is 0 Å². The number of fused-ring (bicyclic) bond motifs is 1. The fraction of sp³-hybridized carbons (Fsp3) is 0.105. The second-order valence-electron chi connectivity index (χ2n) is 5.23. The SMILES string of the molecule is C[C@H](N=Cc1c(O)ccc2ccccc12)c1ccc(Br)cc1. The van der Waals surface area contributed by atoms with Gasteiger partial charge in [0.05, 0.1) is 6.04 Å². The van der Waals surface area contributed by atoms with Gasteiger partial charge in [0.1, 0.15) is 5.75 Å². The Hall–Kier alpha value is -2.13. The highest BCUT2D eigenvalue weighted by atomic mass is 79.9. The van der Waals surface area contributed by atoms with E-state index in [2.05, 4.69) is 33.1 Å². The zero-order valence-corrected chi connectivity index (χ0v) is 13.8. The summed E-state index contributed by atoms with van der Waals surface area (Å²) >= 11 is 3.44. The minimum Gasteiger partial charge on any atom is -0.507 e. The molecule has 3 heteroatoms. The lowest BCUT2D eigenvalue weighted by atomic mass is 10.0. The van der Waals surface area contributed by atoms with Gasteiger partial charge in [0.2, 0.25) is 0 Å². The third-order valence-corrected chi connectivity index (χ3v) is 4.26. The van der Waals surface area contributed by atoms with Gasteiger partial charge in [-0.3, -0.25) is 4.99 Å². The van der Waals surface area contributed by atoms with Crippen molar-refractivity contribution in [1.29, 1.82) is 0 Å². The summed E-state index contributed by atoms with van der Waals surface area (Å²) in [4.78, 5) is 4.60. The summed E-state index contributed by atoms with van der Waals surface area (Å²) in [6, 6.07) is 19.8. The summed E-state index contributed by atoms with van der Waals surface area (Å²) in [5, 5.41) is 12.2. The maximum atomic E-state index is 10.1. The van der Waals surface area contributed by atoms with Gasteiger partial charge in [-0.1, -0.05) is 58.4 Å². The first kappa shape index (κ1) is 14.8. The minimum atomic E-state index is 0.0338. The molecule has 2 nitrogen and oxygen atoms in total. The lowest BCUT2D eigenvalue weighted by Gasteiger charge is -2.08. The van der Waals surface area contributed by atoms with E-state index >= 15 is 0 Å². The zero-order valence-electron chi connectivity index (χ0n) is 12.2. The molecule has 0 saturated carbocycles. The standard InChI is InChI=1S/C19H16BrNO/c1-13(14-6-9-16(20)10-7-14)21-12-18-17-5-3-2-4-15(17)8-11-19(18)22/h2-13,22H,1H3/t13-/m0/s1. The number of phenols is 1. The molecule has 0 aliphatic heterocycles. The van der Waals surface area contributed by atoms with Gasteiger partial charge in [-0.25, -0.2) is 0 Å². The Labute approximate surface area is 138 Å². The Morgan fingerprint density at radius 3 is 2.50 bits per heavy atom. The molecule has 0 spiro atoms. The molecule has 0 heterocycles. The first-order chi connectivity index (χ1) is 10.6. The summed E-state index contributed by atoms with van der Waals surface area (Å²) in [6.45, 7) is 2.04. The van der Waals surface area contributed by atoms with Crippen molar-refractivity contribution in [2.45, 2.75) is 13.0 Å². The molecule has 0 saturated heterocycles. The van der Waals surface area contributed by atoms with Gasteiger partial charge in [-0.15, -0.1) is 0 Å². The Morgan fingerprint density at radius 2 is 1.73 bits per heavy atom. The molecule has 0 aliphatic rings. The van der Waals surface area contributed by atoms with Crippen LogP contribution in [0.2, 0.25) is 0 Å². The van der Waals surface area contributed by atoms with Gasteiger partial charge in [0.15, 0.2) is 0 Å². The van der Waals surface area contributed by atoms with Gasteiger partial charge in [0.25, 0.3) is 0 Å². The van der Waals surface area contributed by atoms with Crippen LogP contribution >= 0.6 is 15.9 Å². The molecule has 3 aromatic carbocycles. The highest BCUT2D eigenvalue weighted by Crippen LogP contribution is 2.26. The fourth-order valence-electron chi connectivity index (χ4n) is 2.43. The molecule has 3 rings (SSSR count). The molecule has 0 fully saturated rings. The van der Waals surface area contributed by atoms with Crippen LogP contribution in [-0.2, 0) is 0 Å². The first-order valence-electron chi connectivity index (χ1n) is 7.14. The Kier molecular flexibility index (Phi) is 4.25. The third-order valence-electron chi connectivity index (χ3n) is 3.73. The summed E-state index contributed by atoms with van der Waals surface area (Å²) in [5.41, 5.74) is 1.90. The van der Waals surface area contributed by atoms with E-state index in [0.717, 1.165) is 26.4 Å². The highest BCUT2D eigenvalue weighted by molar-refractivity contribution is 9.10. The molecule has 3 aromatic rings. The van der Waals surface area contributed by atoms with E-state index in [9.17, 15) is 5.11 Å². The maximum absolute atomic E-state index is 10.1. The van der Waals surface area contributed by atoms with Crippen LogP contribution in [0.3, 0.4) is 0 Å². The molecule has 0 unspecified atom stereocenters. The van der Waals surface area contributed by atoms with Crippen LogP contribution in [0.4, 0.5) is 0 Å². The number of aliphatic imine (C=N–C) groups is 1. The van der Waals surface area contributed by atoms with Crippen molar-refractivity contribution < 1.29 is 5.11 Å². The molecule has 110 valence electrons. The Morgan fingerprint density at radius 1 is 1.00 bits per heavy atom. The molecule has 0 bridgehead atoms. The molecular formula is C19H16BrNO.